The number of carbonyl (C=O) groups excluding carboxylic acids is 2. The van der Waals surface area contributed by atoms with Gasteiger partial charge in [0.25, 0.3) is 0 Å². The fourth-order valence-electron chi connectivity index (χ4n) is 2.98. The standard InChI is InChI=1S/C20H21FN2O2/c1-12-7-13(2)9-16(8-12)23-20(25)18-10-17(18)19(24)22-11-14-3-5-15(21)6-4-14/h3-9,17-18H,10-11H2,1-2H3,(H,22,24)(H,23,25). The van der Waals surface area contributed by atoms with Gasteiger partial charge in [-0.05, 0) is 61.2 Å². The lowest BCUT2D eigenvalue weighted by molar-refractivity contribution is -0.125. The molecule has 0 saturated heterocycles. The SMILES string of the molecule is Cc1cc(C)cc(NC(=O)C2CC2C(=O)NCc2ccc(F)cc2)c1. The van der Waals surface area contributed by atoms with Crippen molar-refractivity contribution in [2.45, 2.75) is 26.8 Å². The maximum atomic E-state index is 12.9. The molecule has 2 amide bonds. The summed E-state index contributed by atoms with van der Waals surface area (Å²) in [7, 11) is 0. The van der Waals surface area contributed by atoms with E-state index in [2.05, 4.69) is 10.6 Å². The van der Waals surface area contributed by atoms with E-state index in [0.29, 0.717) is 13.0 Å². The van der Waals surface area contributed by atoms with E-state index in [1.165, 1.54) is 12.1 Å². The number of hydrogen-bond acceptors (Lipinski definition) is 2. The Hall–Kier alpha value is -2.69. The average molecular weight is 340 g/mol. The molecule has 2 aromatic rings. The molecule has 3 rings (SSSR count). The maximum Gasteiger partial charge on any atom is 0.228 e. The molecule has 2 N–H and O–H groups in total. The van der Waals surface area contributed by atoms with Crippen LogP contribution in [0.5, 0.6) is 0 Å². The summed E-state index contributed by atoms with van der Waals surface area (Å²) in [5.41, 5.74) is 3.76. The Balaban J connectivity index is 1.50. The number of anilines is 1. The monoisotopic (exact) mass is 340 g/mol. The van der Waals surface area contributed by atoms with Crippen LogP contribution in [0.4, 0.5) is 10.1 Å². The number of carbonyl (C=O) groups is 2. The van der Waals surface area contributed by atoms with Gasteiger partial charge in [-0.15, -0.1) is 0 Å². The van der Waals surface area contributed by atoms with E-state index in [1.807, 2.05) is 32.0 Å². The van der Waals surface area contributed by atoms with Gasteiger partial charge in [-0.2, -0.15) is 0 Å². The summed E-state index contributed by atoms with van der Waals surface area (Å²) in [6.07, 6.45) is 0.561. The summed E-state index contributed by atoms with van der Waals surface area (Å²) in [6, 6.07) is 11.9. The van der Waals surface area contributed by atoms with Crippen LogP contribution in [0.2, 0.25) is 0 Å². The highest BCUT2D eigenvalue weighted by Crippen LogP contribution is 2.39. The first-order chi connectivity index (χ1) is 11.9. The first kappa shape index (κ1) is 17.1. The second-order valence-electron chi connectivity index (χ2n) is 6.66. The number of nitrogens with one attached hydrogen (secondary N) is 2. The molecule has 0 aromatic heterocycles. The molecule has 0 radical (unpaired) electrons. The maximum absolute atomic E-state index is 12.9. The summed E-state index contributed by atoms with van der Waals surface area (Å²) < 4.78 is 12.9. The highest BCUT2D eigenvalue weighted by atomic mass is 19.1. The smallest absolute Gasteiger partial charge is 0.228 e. The highest BCUT2D eigenvalue weighted by molar-refractivity contribution is 5.99. The van der Waals surface area contributed by atoms with Gasteiger partial charge in [0.1, 0.15) is 5.82 Å². The number of benzene rings is 2. The number of hydrogen-bond donors (Lipinski definition) is 2. The van der Waals surface area contributed by atoms with Crippen LogP contribution >= 0.6 is 0 Å². The third-order valence-electron chi connectivity index (χ3n) is 4.33. The molecule has 2 unspecified atom stereocenters. The van der Waals surface area contributed by atoms with Gasteiger partial charge in [-0.3, -0.25) is 9.59 Å². The molecular weight excluding hydrogens is 319 g/mol. The third-order valence-corrected chi connectivity index (χ3v) is 4.33. The first-order valence-electron chi connectivity index (χ1n) is 8.33. The fraction of sp³-hybridized carbons (Fsp3) is 0.300. The summed E-state index contributed by atoms with van der Waals surface area (Å²) in [5.74, 6) is -1.13. The molecular formula is C20H21FN2O2. The zero-order chi connectivity index (χ0) is 18.0. The molecule has 1 saturated carbocycles. The van der Waals surface area contributed by atoms with Crippen LogP contribution < -0.4 is 10.6 Å². The van der Waals surface area contributed by atoms with Crippen molar-refractivity contribution in [2.24, 2.45) is 11.8 Å². The summed E-state index contributed by atoms with van der Waals surface area (Å²) in [6.45, 7) is 4.29. The van der Waals surface area contributed by atoms with Gasteiger partial charge in [0.05, 0.1) is 11.8 Å². The molecule has 0 bridgehead atoms. The third kappa shape index (κ3) is 4.44. The lowest BCUT2D eigenvalue weighted by Crippen LogP contribution is -2.27. The van der Waals surface area contributed by atoms with Gasteiger partial charge in [0.2, 0.25) is 11.8 Å². The normalized spacial score (nSPS) is 18.5. The summed E-state index contributed by atoms with van der Waals surface area (Å²) >= 11 is 0. The van der Waals surface area contributed by atoms with E-state index in [1.54, 1.807) is 12.1 Å². The molecule has 0 aliphatic heterocycles. The molecule has 1 fully saturated rings. The Bertz CT molecular complexity index is 782. The molecule has 2 atom stereocenters. The second kappa shape index (κ2) is 7.05. The van der Waals surface area contributed by atoms with Gasteiger partial charge >= 0.3 is 0 Å². The zero-order valence-corrected chi connectivity index (χ0v) is 14.3. The van der Waals surface area contributed by atoms with E-state index < -0.39 is 0 Å². The number of rotatable bonds is 5. The van der Waals surface area contributed by atoms with Crippen molar-refractivity contribution < 1.29 is 14.0 Å². The zero-order valence-electron chi connectivity index (χ0n) is 14.3. The van der Waals surface area contributed by atoms with Gasteiger partial charge in [-0.1, -0.05) is 18.2 Å². The van der Waals surface area contributed by atoms with E-state index in [4.69, 9.17) is 0 Å². The highest BCUT2D eigenvalue weighted by Gasteiger charge is 2.47. The van der Waals surface area contributed by atoms with Crippen LogP contribution in [0.15, 0.2) is 42.5 Å². The molecule has 1 aliphatic carbocycles. The minimum atomic E-state index is -0.305. The molecule has 25 heavy (non-hydrogen) atoms. The van der Waals surface area contributed by atoms with E-state index >= 15 is 0 Å². The van der Waals surface area contributed by atoms with Gasteiger partial charge in [0, 0.05) is 12.2 Å². The predicted octanol–water partition coefficient (Wildman–Crippen LogP) is 3.33. The second-order valence-corrected chi connectivity index (χ2v) is 6.66. The molecule has 0 heterocycles. The van der Waals surface area contributed by atoms with Crippen LogP contribution in [0.25, 0.3) is 0 Å². The van der Waals surface area contributed by atoms with Crippen molar-refractivity contribution in [3.8, 4) is 0 Å². The van der Waals surface area contributed by atoms with Crippen LogP contribution in [-0.2, 0) is 16.1 Å². The van der Waals surface area contributed by atoms with Crippen molar-refractivity contribution >= 4 is 17.5 Å². The predicted molar refractivity (Wildman–Crippen MR) is 94.4 cm³/mol. The molecule has 0 spiro atoms. The van der Waals surface area contributed by atoms with Crippen LogP contribution in [0, 0.1) is 31.5 Å². The van der Waals surface area contributed by atoms with Crippen molar-refractivity contribution in [3.63, 3.8) is 0 Å². The van der Waals surface area contributed by atoms with E-state index in [0.717, 1.165) is 22.4 Å². The van der Waals surface area contributed by atoms with Gasteiger partial charge in [0.15, 0.2) is 0 Å². The Labute approximate surface area is 146 Å². The molecule has 130 valence electrons. The Morgan fingerprint density at radius 1 is 1.00 bits per heavy atom. The number of amides is 2. The molecule has 2 aromatic carbocycles. The lowest BCUT2D eigenvalue weighted by Gasteiger charge is -2.08. The van der Waals surface area contributed by atoms with Gasteiger partial charge in [-0.25, -0.2) is 4.39 Å². The topological polar surface area (TPSA) is 58.2 Å². The van der Waals surface area contributed by atoms with E-state index in [-0.39, 0.29) is 29.5 Å². The van der Waals surface area contributed by atoms with Crippen molar-refractivity contribution in [1.82, 2.24) is 5.32 Å². The Kier molecular flexibility index (Phi) is 4.83. The van der Waals surface area contributed by atoms with Crippen LogP contribution in [-0.4, -0.2) is 11.8 Å². The fourth-order valence-corrected chi connectivity index (χ4v) is 2.98. The lowest BCUT2D eigenvalue weighted by atomic mass is 10.1. The van der Waals surface area contributed by atoms with E-state index in [9.17, 15) is 14.0 Å². The Morgan fingerprint density at radius 2 is 1.60 bits per heavy atom. The molecule has 1 aliphatic rings. The van der Waals surface area contributed by atoms with Crippen molar-refractivity contribution in [1.29, 1.82) is 0 Å². The van der Waals surface area contributed by atoms with Crippen LogP contribution in [0.1, 0.15) is 23.1 Å². The average Bonchev–Trinajstić information content (AvgIpc) is 3.34. The van der Waals surface area contributed by atoms with Crippen molar-refractivity contribution in [2.75, 3.05) is 5.32 Å². The van der Waals surface area contributed by atoms with Crippen LogP contribution in [0.3, 0.4) is 0 Å². The quantitative estimate of drug-likeness (QED) is 0.877. The molecule has 5 heteroatoms. The number of halogens is 1. The molecule has 4 nitrogen and oxygen atoms in total. The largest absolute Gasteiger partial charge is 0.352 e. The minimum Gasteiger partial charge on any atom is -0.352 e. The first-order valence-corrected chi connectivity index (χ1v) is 8.33. The Morgan fingerprint density at radius 3 is 2.24 bits per heavy atom. The number of aryl methyl sites for hydroxylation is 2. The van der Waals surface area contributed by atoms with Gasteiger partial charge < -0.3 is 10.6 Å². The summed E-state index contributed by atoms with van der Waals surface area (Å²) in [5, 5.41) is 5.70. The minimum absolute atomic E-state index is 0.119. The summed E-state index contributed by atoms with van der Waals surface area (Å²) in [4.78, 5) is 24.4. The van der Waals surface area contributed by atoms with Crippen molar-refractivity contribution in [3.05, 3.63) is 65.0 Å².